The maximum absolute atomic E-state index is 12.2. The van der Waals surface area contributed by atoms with Crippen LogP contribution in [0.4, 0.5) is 0 Å². The van der Waals surface area contributed by atoms with Gasteiger partial charge in [0.2, 0.25) is 0 Å². The van der Waals surface area contributed by atoms with Crippen molar-refractivity contribution in [2.75, 3.05) is 5.75 Å². The Morgan fingerprint density at radius 3 is 2.64 bits per heavy atom. The summed E-state index contributed by atoms with van der Waals surface area (Å²) in [6.07, 6.45) is 6.36. The van der Waals surface area contributed by atoms with Gasteiger partial charge < -0.3 is 4.42 Å². The van der Waals surface area contributed by atoms with E-state index in [-0.39, 0.29) is 5.91 Å². The summed E-state index contributed by atoms with van der Waals surface area (Å²) < 4.78 is 8.20. The molecule has 0 aliphatic rings. The number of carbonyl (C=O) groups excluding carboxylic acids is 1. The van der Waals surface area contributed by atoms with E-state index in [1.165, 1.54) is 48.7 Å². The van der Waals surface area contributed by atoms with E-state index in [0.717, 1.165) is 34.8 Å². The molecule has 0 spiro atoms. The van der Waals surface area contributed by atoms with Gasteiger partial charge >= 0.3 is 0 Å². The van der Waals surface area contributed by atoms with Gasteiger partial charge in [0.05, 0.1) is 0 Å². The number of oxazole rings is 1. The molecule has 28 heavy (non-hydrogen) atoms. The highest BCUT2D eigenvalue weighted by Gasteiger charge is 2.06. The van der Waals surface area contributed by atoms with Crippen LogP contribution in [0.2, 0.25) is 0 Å². The minimum absolute atomic E-state index is 0.0133. The van der Waals surface area contributed by atoms with Crippen molar-refractivity contribution in [1.29, 1.82) is 0 Å². The summed E-state index contributed by atoms with van der Waals surface area (Å²) in [4.78, 5) is 16.4. The first-order valence-corrected chi connectivity index (χ1v) is 11.8. The molecule has 3 rings (SSSR count). The van der Waals surface area contributed by atoms with E-state index in [0.29, 0.717) is 5.56 Å². The van der Waals surface area contributed by atoms with Gasteiger partial charge in [0.15, 0.2) is 12.0 Å². The van der Waals surface area contributed by atoms with Crippen LogP contribution in [0.1, 0.15) is 54.1 Å². The Labute approximate surface area is 175 Å². The minimum Gasteiger partial charge on any atom is -0.443 e. The molecule has 0 saturated heterocycles. The second-order valence-electron chi connectivity index (χ2n) is 6.68. The van der Waals surface area contributed by atoms with Crippen molar-refractivity contribution >= 4 is 40.7 Å². The van der Waals surface area contributed by atoms with Crippen LogP contribution in [-0.2, 0) is 11.5 Å². The standard InChI is InChI=1S/C22H26N2O2S2/c1-2-3-4-5-12-28-24-22(25)19-9-6-17(7-10-19)14-27-15-18-8-11-21-20(13-18)23-16-26-21/h6-11,13,16H,2-5,12,14-15H2,1H3,(H,24,25). The maximum Gasteiger partial charge on any atom is 0.261 e. The normalized spacial score (nSPS) is 11.0. The highest BCUT2D eigenvalue weighted by atomic mass is 32.2. The van der Waals surface area contributed by atoms with Crippen molar-refractivity contribution in [3.63, 3.8) is 0 Å². The van der Waals surface area contributed by atoms with Crippen LogP contribution in [0, 0.1) is 0 Å². The predicted octanol–water partition coefficient (Wildman–Crippen LogP) is 6.22. The molecule has 0 aliphatic carbocycles. The van der Waals surface area contributed by atoms with Crippen molar-refractivity contribution in [2.45, 2.75) is 44.1 Å². The molecule has 6 heteroatoms. The molecular formula is C22H26N2O2S2. The zero-order valence-corrected chi connectivity index (χ0v) is 17.8. The van der Waals surface area contributed by atoms with Crippen LogP contribution in [0.15, 0.2) is 53.3 Å². The molecule has 1 aromatic heterocycles. The topological polar surface area (TPSA) is 55.1 Å². The summed E-state index contributed by atoms with van der Waals surface area (Å²) in [7, 11) is 0. The molecule has 1 N–H and O–H groups in total. The van der Waals surface area contributed by atoms with E-state index in [4.69, 9.17) is 4.42 Å². The van der Waals surface area contributed by atoms with Crippen LogP contribution in [0.5, 0.6) is 0 Å². The third kappa shape index (κ3) is 6.31. The number of nitrogens with zero attached hydrogens (tertiary/aromatic N) is 1. The maximum atomic E-state index is 12.2. The molecule has 0 bridgehead atoms. The molecular weight excluding hydrogens is 388 g/mol. The number of thioether (sulfide) groups is 1. The van der Waals surface area contributed by atoms with Gasteiger partial charge in [-0.1, -0.05) is 56.3 Å². The lowest BCUT2D eigenvalue weighted by atomic mass is 10.1. The second-order valence-corrected chi connectivity index (χ2v) is 8.57. The van der Waals surface area contributed by atoms with Gasteiger partial charge in [0.1, 0.15) is 5.52 Å². The van der Waals surface area contributed by atoms with Gasteiger partial charge in [-0.2, -0.15) is 11.8 Å². The molecule has 0 aliphatic heterocycles. The lowest BCUT2D eigenvalue weighted by Crippen LogP contribution is -2.16. The molecule has 2 aromatic carbocycles. The highest BCUT2D eigenvalue weighted by Crippen LogP contribution is 2.21. The number of rotatable bonds is 11. The molecule has 0 unspecified atom stereocenters. The minimum atomic E-state index is -0.0133. The fourth-order valence-corrected chi connectivity index (χ4v) is 4.45. The van der Waals surface area contributed by atoms with Gasteiger partial charge in [-0.25, -0.2) is 4.98 Å². The first-order chi connectivity index (χ1) is 13.8. The molecule has 0 saturated carbocycles. The summed E-state index contributed by atoms with van der Waals surface area (Å²) in [6.45, 7) is 2.20. The summed E-state index contributed by atoms with van der Waals surface area (Å²) in [5.74, 6) is 2.78. The smallest absolute Gasteiger partial charge is 0.261 e. The largest absolute Gasteiger partial charge is 0.443 e. The zero-order valence-electron chi connectivity index (χ0n) is 16.1. The SMILES string of the molecule is CCCCCCSNC(=O)c1ccc(CSCc2ccc3ocnc3c2)cc1. The summed E-state index contributed by atoms with van der Waals surface area (Å²) in [6, 6.07) is 14.0. The number of carbonyl (C=O) groups is 1. The fraction of sp³-hybridized carbons (Fsp3) is 0.364. The predicted molar refractivity (Wildman–Crippen MR) is 120 cm³/mol. The van der Waals surface area contributed by atoms with E-state index >= 15 is 0 Å². The fourth-order valence-electron chi connectivity index (χ4n) is 2.81. The lowest BCUT2D eigenvalue weighted by molar-refractivity contribution is 0.0984. The molecule has 1 amide bonds. The molecule has 0 radical (unpaired) electrons. The van der Waals surface area contributed by atoms with Crippen LogP contribution in [0.3, 0.4) is 0 Å². The number of hydrogen-bond acceptors (Lipinski definition) is 5. The third-order valence-corrected chi connectivity index (χ3v) is 6.31. The van der Waals surface area contributed by atoms with Gasteiger partial charge in [-0.3, -0.25) is 9.52 Å². The van der Waals surface area contributed by atoms with E-state index < -0.39 is 0 Å². The van der Waals surface area contributed by atoms with E-state index in [1.54, 1.807) is 0 Å². The van der Waals surface area contributed by atoms with Crippen LogP contribution >= 0.6 is 23.7 Å². The number of unbranched alkanes of at least 4 members (excludes halogenated alkanes) is 3. The number of amides is 1. The average Bonchev–Trinajstić information content (AvgIpc) is 3.19. The summed E-state index contributed by atoms with van der Waals surface area (Å²) >= 11 is 3.35. The first kappa shape index (κ1) is 20.8. The van der Waals surface area contributed by atoms with E-state index in [2.05, 4.69) is 28.8 Å². The Morgan fingerprint density at radius 1 is 1.04 bits per heavy atom. The molecule has 0 fully saturated rings. The Bertz CT molecular complexity index is 878. The van der Waals surface area contributed by atoms with Crippen LogP contribution in [0.25, 0.3) is 11.1 Å². The number of nitrogens with one attached hydrogen (secondary N) is 1. The first-order valence-electron chi connectivity index (χ1n) is 9.67. The van der Waals surface area contributed by atoms with Crippen LogP contribution < -0.4 is 4.72 Å². The highest BCUT2D eigenvalue weighted by molar-refractivity contribution is 7.98. The average molecular weight is 415 g/mol. The van der Waals surface area contributed by atoms with Crippen molar-refractivity contribution in [3.8, 4) is 0 Å². The zero-order chi connectivity index (χ0) is 19.6. The number of aromatic nitrogens is 1. The van der Waals surface area contributed by atoms with Gasteiger partial charge in [-0.15, -0.1) is 0 Å². The molecule has 148 valence electrons. The number of fused-ring (bicyclic) bond motifs is 1. The Balaban J connectivity index is 1.39. The quantitative estimate of drug-likeness (QED) is 0.298. The second kappa shape index (κ2) is 11.2. The molecule has 1 heterocycles. The van der Waals surface area contributed by atoms with Gasteiger partial charge in [0.25, 0.3) is 5.91 Å². The molecule has 3 aromatic rings. The van der Waals surface area contributed by atoms with Crippen molar-refractivity contribution < 1.29 is 9.21 Å². The van der Waals surface area contributed by atoms with Crippen molar-refractivity contribution in [3.05, 3.63) is 65.5 Å². The Hall–Kier alpha value is -1.92. The third-order valence-electron chi connectivity index (χ3n) is 4.41. The summed E-state index contributed by atoms with van der Waals surface area (Å²) in [5.41, 5.74) is 4.89. The van der Waals surface area contributed by atoms with Crippen molar-refractivity contribution in [1.82, 2.24) is 9.71 Å². The molecule has 4 nitrogen and oxygen atoms in total. The van der Waals surface area contributed by atoms with Gasteiger partial charge in [0, 0.05) is 22.8 Å². The van der Waals surface area contributed by atoms with Crippen molar-refractivity contribution in [2.24, 2.45) is 0 Å². The number of hydrogen-bond donors (Lipinski definition) is 1. The van der Waals surface area contributed by atoms with Gasteiger partial charge in [-0.05, 0) is 41.8 Å². The van der Waals surface area contributed by atoms with E-state index in [9.17, 15) is 4.79 Å². The monoisotopic (exact) mass is 414 g/mol. The Kier molecular flexibility index (Phi) is 8.30. The molecule has 0 atom stereocenters. The van der Waals surface area contributed by atoms with Crippen LogP contribution in [-0.4, -0.2) is 16.6 Å². The Morgan fingerprint density at radius 2 is 1.82 bits per heavy atom. The van der Waals surface area contributed by atoms with E-state index in [1.807, 2.05) is 42.1 Å². The number of benzene rings is 2. The lowest BCUT2D eigenvalue weighted by Gasteiger charge is -2.06. The summed E-state index contributed by atoms with van der Waals surface area (Å²) in [5, 5.41) is 0.